The van der Waals surface area contributed by atoms with E-state index in [4.69, 9.17) is 15.4 Å². The predicted octanol–water partition coefficient (Wildman–Crippen LogP) is 3.43. The zero-order chi connectivity index (χ0) is 14.0. The van der Waals surface area contributed by atoms with Crippen LogP contribution in [0.2, 0.25) is 0 Å². The minimum Gasteiger partial charge on any atom is -0.496 e. The fourth-order valence-corrected chi connectivity index (χ4v) is 2.51. The molecule has 19 heavy (non-hydrogen) atoms. The van der Waals surface area contributed by atoms with Crippen LogP contribution in [0.3, 0.4) is 0 Å². The first kappa shape index (κ1) is 13.8. The molecular formula is C13H10ClFO3S. The highest BCUT2D eigenvalue weighted by atomic mass is 35.7. The van der Waals surface area contributed by atoms with Gasteiger partial charge in [0.15, 0.2) is 0 Å². The monoisotopic (exact) mass is 300 g/mol. The third-order valence-corrected chi connectivity index (χ3v) is 3.97. The summed E-state index contributed by atoms with van der Waals surface area (Å²) < 4.78 is 41.6. The average Bonchev–Trinajstić information content (AvgIpc) is 2.38. The fourth-order valence-electron chi connectivity index (χ4n) is 1.73. The Balaban J connectivity index is 2.68. The standard InChI is InChI=1S/C13H10ClFO3S/c1-18-13-5-3-2-4-10(13)11-8-9(19(14,16)17)6-7-12(11)15/h2-8H,1H3. The molecule has 0 saturated carbocycles. The molecule has 0 aliphatic heterocycles. The highest BCUT2D eigenvalue weighted by molar-refractivity contribution is 8.13. The summed E-state index contributed by atoms with van der Waals surface area (Å²) in [7, 11) is 2.81. The van der Waals surface area contributed by atoms with Gasteiger partial charge in [0.25, 0.3) is 9.05 Å². The molecule has 6 heteroatoms. The highest BCUT2D eigenvalue weighted by Crippen LogP contribution is 2.33. The maximum atomic E-state index is 13.9. The number of rotatable bonds is 3. The second-order valence-corrected chi connectivity index (χ2v) is 6.35. The Morgan fingerprint density at radius 2 is 1.79 bits per heavy atom. The van der Waals surface area contributed by atoms with Crippen molar-refractivity contribution in [1.82, 2.24) is 0 Å². The summed E-state index contributed by atoms with van der Waals surface area (Å²) >= 11 is 0. The van der Waals surface area contributed by atoms with Gasteiger partial charge >= 0.3 is 0 Å². The summed E-state index contributed by atoms with van der Waals surface area (Å²) in [6.07, 6.45) is 0. The van der Waals surface area contributed by atoms with Crippen LogP contribution >= 0.6 is 10.7 Å². The molecule has 0 radical (unpaired) electrons. The van der Waals surface area contributed by atoms with Crippen LogP contribution in [-0.2, 0) is 9.05 Å². The molecule has 0 aliphatic carbocycles. The molecule has 2 aromatic rings. The van der Waals surface area contributed by atoms with Crippen LogP contribution in [0.4, 0.5) is 4.39 Å². The number of para-hydroxylation sites is 1. The zero-order valence-electron chi connectivity index (χ0n) is 9.93. The van der Waals surface area contributed by atoms with E-state index in [0.717, 1.165) is 12.1 Å². The van der Waals surface area contributed by atoms with Crippen molar-refractivity contribution in [3.8, 4) is 16.9 Å². The maximum Gasteiger partial charge on any atom is 0.261 e. The topological polar surface area (TPSA) is 43.4 Å². The molecule has 0 unspecified atom stereocenters. The van der Waals surface area contributed by atoms with E-state index in [1.54, 1.807) is 24.3 Å². The third-order valence-electron chi connectivity index (χ3n) is 2.62. The molecular weight excluding hydrogens is 291 g/mol. The molecule has 0 amide bonds. The summed E-state index contributed by atoms with van der Waals surface area (Å²) in [6.45, 7) is 0. The van der Waals surface area contributed by atoms with E-state index in [0.29, 0.717) is 11.3 Å². The van der Waals surface area contributed by atoms with Gasteiger partial charge in [-0.2, -0.15) is 0 Å². The van der Waals surface area contributed by atoms with Crippen molar-refractivity contribution in [2.24, 2.45) is 0 Å². The molecule has 0 aromatic heterocycles. The van der Waals surface area contributed by atoms with Gasteiger partial charge in [-0.15, -0.1) is 0 Å². The number of benzene rings is 2. The summed E-state index contributed by atoms with van der Waals surface area (Å²) in [5.41, 5.74) is 0.587. The van der Waals surface area contributed by atoms with Crippen LogP contribution in [0, 0.1) is 5.82 Å². The molecule has 100 valence electrons. The molecule has 0 fully saturated rings. The van der Waals surface area contributed by atoms with Crippen molar-refractivity contribution in [2.75, 3.05) is 7.11 Å². The first-order valence-electron chi connectivity index (χ1n) is 5.31. The van der Waals surface area contributed by atoms with Gasteiger partial charge in [-0.3, -0.25) is 0 Å². The molecule has 2 rings (SSSR count). The lowest BCUT2D eigenvalue weighted by Crippen LogP contribution is -1.95. The van der Waals surface area contributed by atoms with E-state index in [1.165, 1.54) is 13.2 Å². The number of hydrogen-bond acceptors (Lipinski definition) is 3. The molecule has 3 nitrogen and oxygen atoms in total. The second-order valence-electron chi connectivity index (χ2n) is 3.78. The molecule has 0 spiro atoms. The zero-order valence-corrected chi connectivity index (χ0v) is 11.5. The lowest BCUT2D eigenvalue weighted by Gasteiger charge is -2.10. The summed E-state index contributed by atoms with van der Waals surface area (Å²) in [6, 6.07) is 10.1. The minimum absolute atomic E-state index is 0.124. The lowest BCUT2D eigenvalue weighted by molar-refractivity contribution is 0.416. The number of halogens is 2. The summed E-state index contributed by atoms with van der Waals surface area (Å²) in [5, 5.41) is 0. The normalized spacial score (nSPS) is 11.3. The molecule has 0 heterocycles. The van der Waals surface area contributed by atoms with Crippen molar-refractivity contribution < 1.29 is 17.5 Å². The second kappa shape index (κ2) is 5.19. The van der Waals surface area contributed by atoms with Crippen LogP contribution in [0.1, 0.15) is 0 Å². The largest absolute Gasteiger partial charge is 0.496 e. The van der Waals surface area contributed by atoms with Crippen LogP contribution in [0.15, 0.2) is 47.4 Å². The van der Waals surface area contributed by atoms with Gasteiger partial charge in [0.1, 0.15) is 11.6 Å². The van der Waals surface area contributed by atoms with Gasteiger partial charge < -0.3 is 4.74 Å². The van der Waals surface area contributed by atoms with E-state index in [1.807, 2.05) is 0 Å². The van der Waals surface area contributed by atoms with Gasteiger partial charge in [0, 0.05) is 21.8 Å². The van der Waals surface area contributed by atoms with Crippen molar-refractivity contribution in [3.63, 3.8) is 0 Å². The Bertz CT molecular complexity index is 714. The van der Waals surface area contributed by atoms with Gasteiger partial charge in [-0.05, 0) is 24.3 Å². The Labute approximate surface area is 115 Å². The summed E-state index contributed by atoms with van der Waals surface area (Å²) in [5.74, 6) is -0.0981. The van der Waals surface area contributed by atoms with E-state index < -0.39 is 14.9 Å². The van der Waals surface area contributed by atoms with Gasteiger partial charge in [0.2, 0.25) is 0 Å². The molecule has 0 N–H and O–H groups in total. The van der Waals surface area contributed by atoms with Crippen molar-refractivity contribution in [3.05, 3.63) is 48.3 Å². The minimum atomic E-state index is -3.90. The summed E-state index contributed by atoms with van der Waals surface area (Å²) in [4.78, 5) is -0.156. The van der Waals surface area contributed by atoms with Crippen molar-refractivity contribution in [1.29, 1.82) is 0 Å². The van der Waals surface area contributed by atoms with E-state index in [9.17, 15) is 12.8 Å². The molecule has 2 aromatic carbocycles. The van der Waals surface area contributed by atoms with Crippen LogP contribution in [0.5, 0.6) is 5.75 Å². The van der Waals surface area contributed by atoms with Crippen LogP contribution < -0.4 is 4.74 Å². The number of ether oxygens (including phenoxy) is 1. The number of hydrogen-bond donors (Lipinski definition) is 0. The molecule has 0 saturated heterocycles. The van der Waals surface area contributed by atoms with Crippen molar-refractivity contribution >= 4 is 19.7 Å². The quantitative estimate of drug-likeness (QED) is 0.816. The van der Waals surface area contributed by atoms with Gasteiger partial charge in [-0.25, -0.2) is 12.8 Å². The first-order chi connectivity index (χ1) is 8.93. The SMILES string of the molecule is COc1ccccc1-c1cc(S(=O)(=O)Cl)ccc1F. The fraction of sp³-hybridized carbons (Fsp3) is 0.0769. The Kier molecular flexibility index (Phi) is 3.78. The Hall–Kier alpha value is -1.59. The Morgan fingerprint density at radius 1 is 1.11 bits per heavy atom. The van der Waals surface area contributed by atoms with Gasteiger partial charge in [0.05, 0.1) is 12.0 Å². The molecule has 0 bridgehead atoms. The van der Waals surface area contributed by atoms with Crippen LogP contribution in [0.25, 0.3) is 11.1 Å². The Morgan fingerprint density at radius 3 is 2.42 bits per heavy atom. The highest BCUT2D eigenvalue weighted by Gasteiger charge is 2.16. The smallest absolute Gasteiger partial charge is 0.261 e. The average molecular weight is 301 g/mol. The maximum absolute atomic E-state index is 13.9. The van der Waals surface area contributed by atoms with E-state index in [-0.39, 0.29) is 10.5 Å². The van der Waals surface area contributed by atoms with E-state index in [2.05, 4.69) is 0 Å². The van der Waals surface area contributed by atoms with Crippen molar-refractivity contribution in [2.45, 2.75) is 4.90 Å². The van der Waals surface area contributed by atoms with E-state index >= 15 is 0 Å². The van der Waals surface area contributed by atoms with Gasteiger partial charge in [-0.1, -0.05) is 18.2 Å². The first-order valence-corrected chi connectivity index (χ1v) is 7.62. The van der Waals surface area contributed by atoms with Crippen LogP contribution in [-0.4, -0.2) is 15.5 Å². The molecule has 0 aliphatic rings. The molecule has 0 atom stereocenters. The predicted molar refractivity (Wildman–Crippen MR) is 71.4 cm³/mol. The number of methoxy groups -OCH3 is 1. The lowest BCUT2D eigenvalue weighted by atomic mass is 10.0. The third kappa shape index (κ3) is 2.88.